The monoisotopic (exact) mass is 365 g/mol. The lowest BCUT2D eigenvalue weighted by molar-refractivity contribution is 0.0765. The lowest BCUT2D eigenvalue weighted by Crippen LogP contribution is -2.32. The third kappa shape index (κ3) is 4.07. The Morgan fingerprint density at radius 1 is 1.47 bits per heavy atom. The number of alkyl halides is 1. The predicted molar refractivity (Wildman–Crippen MR) is 74.1 cm³/mol. The minimum absolute atomic E-state index is 0.0610. The van der Waals surface area contributed by atoms with Gasteiger partial charge in [-0.2, -0.15) is 0 Å². The van der Waals surface area contributed by atoms with Crippen molar-refractivity contribution in [2.75, 3.05) is 18.4 Å². The van der Waals surface area contributed by atoms with Crippen molar-refractivity contribution >= 4 is 37.8 Å². The summed E-state index contributed by atoms with van der Waals surface area (Å²) in [4.78, 5) is 13.9. The minimum atomic E-state index is -0.356. The van der Waals surface area contributed by atoms with Gasteiger partial charge in [-0.25, -0.2) is 4.39 Å². The molecule has 2 nitrogen and oxygen atoms in total. The number of halogens is 3. The lowest BCUT2D eigenvalue weighted by atomic mass is 10.2. The SMILES string of the molecule is CCN(CCCBr)C(=O)c1ccc(F)c(Br)c1. The third-order valence-electron chi connectivity index (χ3n) is 2.40. The Kier molecular flexibility index (Phi) is 6.12. The molecule has 0 spiro atoms. The molecule has 0 fully saturated rings. The predicted octanol–water partition coefficient (Wildman–Crippen LogP) is 3.84. The van der Waals surface area contributed by atoms with Gasteiger partial charge >= 0.3 is 0 Å². The van der Waals surface area contributed by atoms with Crippen molar-refractivity contribution in [3.8, 4) is 0 Å². The van der Waals surface area contributed by atoms with E-state index in [9.17, 15) is 9.18 Å². The Morgan fingerprint density at radius 3 is 2.71 bits per heavy atom. The standard InChI is InChI=1S/C12H14Br2FNO/c1-2-16(7-3-6-13)12(17)9-4-5-11(15)10(14)8-9/h4-5,8H,2-3,6-7H2,1H3. The molecule has 0 aliphatic heterocycles. The zero-order chi connectivity index (χ0) is 12.8. The van der Waals surface area contributed by atoms with Crippen LogP contribution in [0, 0.1) is 5.82 Å². The number of nitrogens with zero attached hydrogens (tertiary/aromatic N) is 1. The molecule has 94 valence electrons. The molecule has 0 saturated heterocycles. The first kappa shape index (κ1) is 14.6. The Bertz CT molecular complexity index is 398. The molecule has 0 unspecified atom stereocenters. The summed E-state index contributed by atoms with van der Waals surface area (Å²) in [7, 11) is 0. The number of amides is 1. The van der Waals surface area contributed by atoms with Crippen molar-refractivity contribution in [3.63, 3.8) is 0 Å². The normalized spacial score (nSPS) is 10.4. The van der Waals surface area contributed by atoms with Crippen LogP contribution in [0.2, 0.25) is 0 Å². The van der Waals surface area contributed by atoms with Gasteiger partial charge < -0.3 is 4.90 Å². The average Bonchev–Trinajstić information content (AvgIpc) is 2.33. The van der Waals surface area contributed by atoms with E-state index in [0.717, 1.165) is 11.8 Å². The molecule has 0 heterocycles. The van der Waals surface area contributed by atoms with Gasteiger partial charge in [0.15, 0.2) is 0 Å². The Morgan fingerprint density at radius 2 is 2.18 bits per heavy atom. The van der Waals surface area contributed by atoms with Crippen LogP contribution in [0.4, 0.5) is 4.39 Å². The van der Waals surface area contributed by atoms with Crippen LogP contribution in [0.25, 0.3) is 0 Å². The van der Waals surface area contributed by atoms with Gasteiger partial charge in [0.1, 0.15) is 5.82 Å². The van der Waals surface area contributed by atoms with E-state index in [2.05, 4.69) is 31.9 Å². The maximum absolute atomic E-state index is 13.1. The number of carbonyl (C=O) groups is 1. The second-order valence-electron chi connectivity index (χ2n) is 3.56. The highest BCUT2D eigenvalue weighted by Crippen LogP contribution is 2.18. The van der Waals surface area contributed by atoms with Gasteiger partial charge in [0.2, 0.25) is 0 Å². The molecule has 17 heavy (non-hydrogen) atoms. The van der Waals surface area contributed by atoms with E-state index in [1.165, 1.54) is 18.2 Å². The summed E-state index contributed by atoms with van der Waals surface area (Å²) in [6.45, 7) is 3.29. The van der Waals surface area contributed by atoms with Crippen LogP contribution in [0.15, 0.2) is 22.7 Å². The van der Waals surface area contributed by atoms with Gasteiger partial charge in [0.25, 0.3) is 5.91 Å². The van der Waals surface area contributed by atoms with E-state index in [1.807, 2.05) is 6.92 Å². The van der Waals surface area contributed by atoms with E-state index >= 15 is 0 Å². The highest BCUT2D eigenvalue weighted by atomic mass is 79.9. The first-order valence-electron chi connectivity index (χ1n) is 5.40. The molecule has 0 aromatic heterocycles. The molecule has 1 amide bonds. The smallest absolute Gasteiger partial charge is 0.253 e. The topological polar surface area (TPSA) is 20.3 Å². The second kappa shape index (κ2) is 7.11. The van der Waals surface area contributed by atoms with E-state index in [-0.39, 0.29) is 11.7 Å². The molecule has 0 radical (unpaired) electrons. The highest BCUT2D eigenvalue weighted by molar-refractivity contribution is 9.10. The number of hydrogen-bond acceptors (Lipinski definition) is 1. The summed E-state index contributed by atoms with van der Waals surface area (Å²) in [5.41, 5.74) is 0.509. The third-order valence-corrected chi connectivity index (χ3v) is 3.57. The molecule has 0 bridgehead atoms. The molecule has 5 heteroatoms. The van der Waals surface area contributed by atoms with Crippen molar-refractivity contribution in [1.82, 2.24) is 4.90 Å². The summed E-state index contributed by atoms with van der Waals surface area (Å²) >= 11 is 6.42. The molecule has 0 atom stereocenters. The second-order valence-corrected chi connectivity index (χ2v) is 5.20. The summed E-state index contributed by atoms with van der Waals surface area (Å²) in [6.07, 6.45) is 0.905. The van der Waals surface area contributed by atoms with Gasteiger partial charge in [-0.15, -0.1) is 0 Å². The van der Waals surface area contributed by atoms with E-state index in [4.69, 9.17) is 0 Å². The van der Waals surface area contributed by atoms with E-state index in [0.29, 0.717) is 23.1 Å². The molecular weight excluding hydrogens is 353 g/mol. The van der Waals surface area contributed by atoms with Crippen LogP contribution in [-0.4, -0.2) is 29.2 Å². The van der Waals surface area contributed by atoms with Gasteiger partial charge in [-0.1, -0.05) is 15.9 Å². The highest BCUT2D eigenvalue weighted by Gasteiger charge is 2.14. The van der Waals surface area contributed by atoms with Crippen molar-refractivity contribution < 1.29 is 9.18 Å². The lowest BCUT2D eigenvalue weighted by Gasteiger charge is -2.20. The summed E-state index contributed by atoms with van der Waals surface area (Å²) in [5.74, 6) is -0.417. The molecule has 0 N–H and O–H groups in total. The molecule has 0 saturated carbocycles. The summed E-state index contributed by atoms with van der Waals surface area (Å²) in [5, 5.41) is 0.865. The fourth-order valence-electron chi connectivity index (χ4n) is 1.47. The van der Waals surface area contributed by atoms with Crippen molar-refractivity contribution in [2.45, 2.75) is 13.3 Å². The summed E-state index contributed by atoms with van der Waals surface area (Å²) < 4.78 is 13.4. The summed E-state index contributed by atoms with van der Waals surface area (Å²) in [6, 6.07) is 4.34. The van der Waals surface area contributed by atoms with Crippen LogP contribution in [-0.2, 0) is 0 Å². The van der Waals surface area contributed by atoms with Crippen LogP contribution in [0.5, 0.6) is 0 Å². The number of hydrogen-bond donors (Lipinski definition) is 0. The van der Waals surface area contributed by atoms with Crippen LogP contribution < -0.4 is 0 Å². The van der Waals surface area contributed by atoms with Crippen molar-refractivity contribution in [3.05, 3.63) is 34.1 Å². The fourth-order valence-corrected chi connectivity index (χ4v) is 2.10. The van der Waals surface area contributed by atoms with E-state index in [1.54, 1.807) is 4.90 Å². The quantitative estimate of drug-likeness (QED) is 0.725. The van der Waals surface area contributed by atoms with Crippen LogP contribution >= 0.6 is 31.9 Å². The first-order valence-corrected chi connectivity index (χ1v) is 7.32. The maximum atomic E-state index is 13.1. The largest absolute Gasteiger partial charge is 0.339 e. The zero-order valence-corrected chi connectivity index (χ0v) is 12.7. The maximum Gasteiger partial charge on any atom is 0.253 e. The molecule has 0 aliphatic rings. The zero-order valence-electron chi connectivity index (χ0n) is 9.55. The number of carbonyl (C=O) groups excluding carboxylic acids is 1. The Balaban J connectivity index is 2.82. The Labute approximate surface area is 117 Å². The molecular formula is C12H14Br2FNO. The molecule has 0 aliphatic carbocycles. The molecule has 1 rings (SSSR count). The Hall–Kier alpha value is -0.420. The van der Waals surface area contributed by atoms with Gasteiger partial charge in [-0.3, -0.25) is 4.79 Å². The molecule has 1 aromatic rings. The number of benzene rings is 1. The fraction of sp³-hybridized carbons (Fsp3) is 0.417. The van der Waals surface area contributed by atoms with E-state index < -0.39 is 0 Å². The van der Waals surface area contributed by atoms with Crippen LogP contribution in [0.1, 0.15) is 23.7 Å². The van der Waals surface area contributed by atoms with Crippen LogP contribution in [0.3, 0.4) is 0 Å². The van der Waals surface area contributed by atoms with Gasteiger partial charge in [0, 0.05) is 24.0 Å². The minimum Gasteiger partial charge on any atom is -0.339 e. The molecule has 1 aromatic carbocycles. The van der Waals surface area contributed by atoms with Gasteiger partial charge in [0.05, 0.1) is 4.47 Å². The van der Waals surface area contributed by atoms with Crippen molar-refractivity contribution in [2.24, 2.45) is 0 Å². The first-order chi connectivity index (χ1) is 8.10. The average molecular weight is 367 g/mol. The van der Waals surface area contributed by atoms with Gasteiger partial charge in [-0.05, 0) is 47.5 Å². The number of rotatable bonds is 5. The van der Waals surface area contributed by atoms with Crippen molar-refractivity contribution in [1.29, 1.82) is 0 Å².